The van der Waals surface area contributed by atoms with Crippen molar-refractivity contribution in [2.45, 2.75) is 45.4 Å². The van der Waals surface area contributed by atoms with E-state index in [0.29, 0.717) is 0 Å². The highest BCUT2D eigenvalue weighted by Crippen LogP contribution is 2.04. The lowest BCUT2D eigenvalue weighted by molar-refractivity contribution is 0.192. The summed E-state index contributed by atoms with van der Waals surface area (Å²) in [5.41, 5.74) is 0. The molecule has 2 N–H and O–H groups in total. The number of rotatable bonds is 7. The molecule has 86 valence electrons. The van der Waals surface area contributed by atoms with Gasteiger partial charge >= 0.3 is 8.25 Å². The van der Waals surface area contributed by atoms with Crippen LogP contribution in [0.2, 0.25) is 0 Å². The molecule has 0 heterocycles. The van der Waals surface area contributed by atoms with E-state index >= 15 is 0 Å². The van der Waals surface area contributed by atoms with Crippen molar-refractivity contribution in [2.24, 2.45) is 0 Å². The van der Waals surface area contributed by atoms with E-state index in [4.69, 9.17) is 19.1 Å². The van der Waals surface area contributed by atoms with Crippen molar-refractivity contribution in [1.82, 2.24) is 0 Å². The molecule has 0 aliphatic carbocycles. The molecule has 0 aromatic rings. The zero-order valence-electron chi connectivity index (χ0n) is 9.11. The highest BCUT2D eigenvalue weighted by molar-refractivity contribution is 7.30. The van der Waals surface area contributed by atoms with Crippen molar-refractivity contribution >= 4 is 8.25 Å². The monoisotopic (exact) mass is 225 g/mol. The fraction of sp³-hybridized carbons (Fsp3) is 1.00. The lowest BCUT2D eigenvalue weighted by atomic mass is 10.1. The first-order valence-electron chi connectivity index (χ1n) is 4.99. The van der Waals surface area contributed by atoms with Crippen LogP contribution >= 0.6 is 8.25 Å². The third kappa shape index (κ3) is 29.6. The van der Waals surface area contributed by atoms with Crippen LogP contribution in [0.4, 0.5) is 0 Å². The minimum atomic E-state index is -2.87. The molecule has 0 saturated carbocycles. The first kappa shape index (κ1) is 16.4. The van der Waals surface area contributed by atoms with Gasteiger partial charge in [0.15, 0.2) is 0 Å². The van der Waals surface area contributed by atoms with Crippen molar-refractivity contribution in [3.63, 3.8) is 0 Å². The summed E-state index contributed by atoms with van der Waals surface area (Å²) in [6, 6.07) is 0. The molecule has 0 aliphatic rings. The van der Waals surface area contributed by atoms with Gasteiger partial charge in [0, 0.05) is 18.3 Å². The maximum Gasteiger partial charge on any atom is 0.692 e. The van der Waals surface area contributed by atoms with Crippen LogP contribution in [0.25, 0.3) is 0 Å². The Hall–Kier alpha value is -0.0200. The molecule has 0 aliphatic heterocycles. The van der Waals surface area contributed by atoms with Gasteiger partial charge in [-0.05, 0) is 6.42 Å². The van der Waals surface area contributed by atoms with Gasteiger partial charge in [-0.25, -0.2) is 0 Å². The first-order chi connectivity index (χ1) is 6.65. The van der Waals surface area contributed by atoms with Crippen LogP contribution in [0.3, 0.4) is 0 Å². The molecule has 0 rings (SSSR count). The molecule has 5 heteroatoms. The van der Waals surface area contributed by atoms with Crippen LogP contribution in [0, 0.1) is 0 Å². The van der Waals surface area contributed by atoms with Crippen LogP contribution in [0.15, 0.2) is 0 Å². The molecule has 0 bridgehead atoms. The molecule has 0 unspecified atom stereocenters. The molecule has 4 nitrogen and oxygen atoms in total. The van der Waals surface area contributed by atoms with E-state index in [9.17, 15) is 0 Å². The molecule has 0 saturated heterocycles. The predicted octanol–water partition coefficient (Wildman–Crippen LogP) is 2.62. The lowest BCUT2D eigenvalue weighted by Crippen LogP contribution is -1.87. The van der Waals surface area contributed by atoms with Crippen molar-refractivity contribution in [1.29, 1.82) is 0 Å². The highest BCUT2D eigenvalue weighted by atomic mass is 31.1. The Labute approximate surface area is 87.2 Å². The summed E-state index contributed by atoms with van der Waals surface area (Å²) >= 11 is 0. The van der Waals surface area contributed by atoms with Gasteiger partial charge in [0.25, 0.3) is 0 Å². The summed E-state index contributed by atoms with van der Waals surface area (Å²) in [5, 5.41) is 0. The van der Waals surface area contributed by atoms with E-state index in [0.717, 1.165) is 6.61 Å². The molecule has 0 radical (unpaired) electrons. The Morgan fingerprint density at radius 1 is 1.07 bits per heavy atom. The van der Waals surface area contributed by atoms with Crippen molar-refractivity contribution < 1.29 is 19.1 Å². The van der Waals surface area contributed by atoms with Gasteiger partial charge in [-0.3, -0.25) is 0 Å². The minimum Gasteiger partial charge on any atom is -0.385 e. The Balaban J connectivity index is 0. The van der Waals surface area contributed by atoms with Gasteiger partial charge in [-0.2, -0.15) is 0 Å². The molecule has 0 amide bonds. The Morgan fingerprint density at radius 2 is 1.50 bits per heavy atom. The third-order valence-corrected chi connectivity index (χ3v) is 1.70. The Morgan fingerprint density at radius 3 is 1.93 bits per heavy atom. The summed E-state index contributed by atoms with van der Waals surface area (Å²) in [4.78, 5) is 14.2. The fourth-order valence-electron chi connectivity index (χ4n) is 1.03. The van der Waals surface area contributed by atoms with Crippen LogP contribution in [-0.2, 0) is 9.30 Å². The summed E-state index contributed by atoms with van der Waals surface area (Å²) < 4.78 is 13.7. The molecular formula is C9H22O4P+. The zero-order valence-corrected chi connectivity index (χ0v) is 10.0. The molecule has 0 aromatic heterocycles. The second kappa shape index (κ2) is 15.5. The van der Waals surface area contributed by atoms with E-state index in [1.54, 1.807) is 7.11 Å². The minimum absolute atomic E-state index is 0.937. The number of methoxy groups -OCH3 is 1. The summed E-state index contributed by atoms with van der Waals surface area (Å²) in [6.45, 7) is 3.18. The summed E-state index contributed by atoms with van der Waals surface area (Å²) in [7, 11) is -1.10. The number of ether oxygens (including phenoxy) is 1. The molecule has 0 fully saturated rings. The van der Waals surface area contributed by atoms with Crippen molar-refractivity contribution in [3.05, 3.63) is 0 Å². The van der Waals surface area contributed by atoms with Gasteiger partial charge in [0.1, 0.15) is 0 Å². The van der Waals surface area contributed by atoms with Crippen molar-refractivity contribution in [3.8, 4) is 0 Å². The van der Waals surface area contributed by atoms with E-state index in [2.05, 4.69) is 6.92 Å². The van der Waals surface area contributed by atoms with Crippen LogP contribution in [0.1, 0.15) is 45.4 Å². The van der Waals surface area contributed by atoms with Crippen LogP contribution in [-0.4, -0.2) is 23.5 Å². The number of hydrogen-bond acceptors (Lipinski definition) is 2. The maximum atomic E-state index is 8.70. The smallest absolute Gasteiger partial charge is 0.385 e. The van der Waals surface area contributed by atoms with Crippen LogP contribution < -0.4 is 0 Å². The van der Waals surface area contributed by atoms with Crippen molar-refractivity contribution in [2.75, 3.05) is 13.7 Å². The van der Waals surface area contributed by atoms with E-state index in [1.165, 1.54) is 38.5 Å². The standard InChI is InChI=1S/C9H20O.HO3P/c1-3-4-5-6-7-8-9-10-2;1-4(2)3/h3-9H2,1-2H3;(H-,1,2,3)/p+1. The SMILES string of the molecule is CCCCCCCCOC.O=[P+](O)O. The quantitative estimate of drug-likeness (QED) is 0.516. The van der Waals surface area contributed by atoms with Gasteiger partial charge in [0.2, 0.25) is 0 Å². The molecule has 0 atom stereocenters. The molecule has 0 spiro atoms. The van der Waals surface area contributed by atoms with Gasteiger partial charge in [-0.1, -0.05) is 39.0 Å². The predicted molar refractivity (Wildman–Crippen MR) is 57.3 cm³/mol. The first-order valence-corrected chi connectivity index (χ1v) is 6.15. The Bertz CT molecular complexity index is 107. The second-order valence-corrected chi connectivity index (χ2v) is 3.52. The normalized spacial score (nSPS) is 9.14. The largest absolute Gasteiger partial charge is 0.692 e. The maximum absolute atomic E-state index is 8.70. The third-order valence-electron chi connectivity index (χ3n) is 1.70. The zero-order chi connectivity index (χ0) is 11.2. The molecular weight excluding hydrogens is 203 g/mol. The van der Waals surface area contributed by atoms with E-state index in [-0.39, 0.29) is 0 Å². The fourth-order valence-corrected chi connectivity index (χ4v) is 1.03. The average molecular weight is 225 g/mol. The van der Waals surface area contributed by atoms with E-state index < -0.39 is 8.25 Å². The average Bonchev–Trinajstić information content (AvgIpc) is 2.10. The number of unbranched alkanes of at least 4 members (excludes halogenated alkanes) is 5. The van der Waals surface area contributed by atoms with Gasteiger partial charge < -0.3 is 4.74 Å². The summed E-state index contributed by atoms with van der Waals surface area (Å²) in [6.07, 6.45) is 8.10. The molecule has 0 aromatic carbocycles. The second-order valence-electron chi connectivity index (χ2n) is 3.01. The number of hydrogen-bond donors (Lipinski definition) is 2. The Kier molecular flexibility index (Phi) is 18.1. The van der Waals surface area contributed by atoms with Crippen LogP contribution in [0.5, 0.6) is 0 Å². The molecule has 14 heavy (non-hydrogen) atoms. The van der Waals surface area contributed by atoms with E-state index in [1.807, 2.05) is 0 Å². The topological polar surface area (TPSA) is 66.8 Å². The lowest BCUT2D eigenvalue weighted by Gasteiger charge is -1.98. The van der Waals surface area contributed by atoms with Gasteiger partial charge in [0.05, 0.1) is 0 Å². The highest BCUT2D eigenvalue weighted by Gasteiger charge is 1.93. The summed E-state index contributed by atoms with van der Waals surface area (Å²) in [5.74, 6) is 0. The van der Waals surface area contributed by atoms with Gasteiger partial charge in [-0.15, -0.1) is 9.79 Å².